The molecule has 7 rings (SSSR count). The Labute approximate surface area is 278 Å². The topological polar surface area (TPSA) is 104 Å². The fraction of sp³-hybridized carbons (Fsp3) is 0.556. The van der Waals surface area contributed by atoms with E-state index in [4.69, 9.17) is 4.74 Å². The Hall–Kier alpha value is -3.41. The maximum absolute atomic E-state index is 14.5. The second kappa shape index (κ2) is 12.2. The van der Waals surface area contributed by atoms with Crippen molar-refractivity contribution in [1.29, 1.82) is 0 Å². The van der Waals surface area contributed by atoms with Gasteiger partial charge in [0, 0.05) is 50.4 Å². The number of aromatic nitrogens is 1. The smallest absolute Gasteiger partial charge is 0.303 e. The van der Waals surface area contributed by atoms with Crippen LogP contribution in [0.15, 0.2) is 47.1 Å². The average Bonchev–Trinajstić information content (AvgIpc) is 3.70. The second-order valence-electron chi connectivity index (χ2n) is 14.2. The minimum absolute atomic E-state index is 0.114. The molecular formula is C36H47N5O5S. The molecular weight excluding hydrogens is 614 g/mol. The number of nitrogens with one attached hydrogen (secondary N) is 1. The molecule has 1 N–H and O–H groups in total. The molecule has 3 aliphatic carbocycles. The molecule has 47 heavy (non-hydrogen) atoms. The number of rotatable bonds is 7. The molecule has 1 aromatic carbocycles. The van der Waals surface area contributed by atoms with Gasteiger partial charge >= 0.3 is 10.2 Å². The first-order chi connectivity index (χ1) is 22.5. The highest BCUT2D eigenvalue weighted by Gasteiger charge is 2.52. The van der Waals surface area contributed by atoms with Crippen LogP contribution in [0.3, 0.4) is 0 Å². The van der Waals surface area contributed by atoms with Crippen molar-refractivity contribution < 1.29 is 22.7 Å². The number of fused-ring (bicyclic) bond motifs is 6. The Kier molecular flexibility index (Phi) is 8.37. The van der Waals surface area contributed by atoms with Crippen LogP contribution < -0.4 is 9.46 Å². The van der Waals surface area contributed by atoms with Crippen LogP contribution in [0.25, 0.3) is 17.1 Å². The van der Waals surface area contributed by atoms with Crippen LogP contribution in [-0.4, -0.2) is 93.3 Å². The molecule has 10 nitrogen and oxygen atoms in total. The van der Waals surface area contributed by atoms with E-state index < -0.39 is 22.0 Å². The van der Waals surface area contributed by atoms with Crippen LogP contribution in [0, 0.1) is 11.8 Å². The number of ether oxygens (including phenoxy) is 1. The van der Waals surface area contributed by atoms with Crippen LogP contribution in [0.2, 0.25) is 0 Å². The molecule has 1 saturated heterocycles. The van der Waals surface area contributed by atoms with Crippen molar-refractivity contribution >= 4 is 39.1 Å². The molecule has 0 radical (unpaired) electrons. The van der Waals surface area contributed by atoms with Crippen molar-refractivity contribution in [3.05, 3.63) is 58.3 Å². The molecule has 3 heterocycles. The van der Waals surface area contributed by atoms with Gasteiger partial charge in [0.1, 0.15) is 5.75 Å². The molecule has 0 spiro atoms. The lowest BCUT2D eigenvalue weighted by Gasteiger charge is -2.39. The third-order valence-corrected chi connectivity index (χ3v) is 12.7. The fourth-order valence-electron chi connectivity index (χ4n) is 8.55. The molecule has 3 atom stereocenters. The number of hydrogen-bond donors (Lipinski definition) is 1. The van der Waals surface area contributed by atoms with Crippen LogP contribution in [0.4, 0.5) is 0 Å². The molecule has 3 fully saturated rings. The van der Waals surface area contributed by atoms with Gasteiger partial charge in [-0.15, -0.1) is 0 Å². The summed E-state index contributed by atoms with van der Waals surface area (Å²) in [4.78, 5) is 32.5. The van der Waals surface area contributed by atoms with Gasteiger partial charge in [-0.1, -0.05) is 37.5 Å². The van der Waals surface area contributed by atoms with E-state index >= 15 is 0 Å². The largest absolute Gasteiger partial charge is 0.496 e. The van der Waals surface area contributed by atoms with Crippen molar-refractivity contribution in [1.82, 2.24) is 23.4 Å². The van der Waals surface area contributed by atoms with Gasteiger partial charge in [-0.2, -0.15) is 12.7 Å². The van der Waals surface area contributed by atoms with Gasteiger partial charge in [-0.3, -0.25) is 9.59 Å². The second-order valence-corrected chi connectivity index (χ2v) is 16.1. The van der Waals surface area contributed by atoms with Gasteiger partial charge in [0.2, 0.25) is 11.8 Å². The number of amides is 2. The zero-order chi connectivity index (χ0) is 33.2. The van der Waals surface area contributed by atoms with Gasteiger partial charge in [-0.05, 0) is 92.6 Å². The molecule has 252 valence electrons. The normalized spacial score (nSPS) is 25.1. The summed E-state index contributed by atoms with van der Waals surface area (Å²) in [7, 11) is 4.59. The van der Waals surface area contributed by atoms with Gasteiger partial charge in [0.25, 0.3) is 0 Å². The van der Waals surface area contributed by atoms with Crippen LogP contribution in [0.1, 0.15) is 74.5 Å². The van der Waals surface area contributed by atoms with E-state index in [2.05, 4.69) is 51.6 Å². The minimum Gasteiger partial charge on any atom is -0.496 e. The van der Waals surface area contributed by atoms with E-state index in [1.165, 1.54) is 38.9 Å². The Balaban J connectivity index is 1.39. The molecule has 1 aromatic heterocycles. The summed E-state index contributed by atoms with van der Waals surface area (Å²) >= 11 is 0. The van der Waals surface area contributed by atoms with Crippen LogP contribution in [-0.2, 0) is 19.8 Å². The summed E-state index contributed by atoms with van der Waals surface area (Å²) in [6.07, 6.45) is 14.5. The molecule has 2 aliphatic heterocycles. The van der Waals surface area contributed by atoms with Crippen molar-refractivity contribution in [2.45, 2.75) is 69.2 Å². The highest BCUT2D eigenvalue weighted by atomic mass is 32.2. The quantitative estimate of drug-likeness (QED) is 0.465. The Bertz CT molecular complexity index is 1810. The number of methoxy groups -OCH3 is 1. The number of piperidine rings is 1. The van der Waals surface area contributed by atoms with Crippen LogP contribution >= 0.6 is 0 Å². The summed E-state index contributed by atoms with van der Waals surface area (Å²) in [5, 5.41) is 1.01. The summed E-state index contributed by atoms with van der Waals surface area (Å²) in [5.41, 5.74) is 5.91. The predicted molar refractivity (Wildman–Crippen MR) is 183 cm³/mol. The Morgan fingerprint density at radius 2 is 1.74 bits per heavy atom. The molecule has 2 unspecified atom stereocenters. The average molecular weight is 662 g/mol. The first kappa shape index (κ1) is 32.2. The molecule has 0 bridgehead atoms. The maximum atomic E-state index is 14.5. The molecule has 2 saturated carbocycles. The molecule has 2 amide bonds. The Morgan fingerprint density at radius 3 is 2.43 bits per heavy atom. The van der Waals surface area contributed by atoms with Crippen molar-refractivity contribution in [2.75, 3.05) is 48.4 Å². The van der Waals surface area contributed by atoms with Gasteiger partial charge in [0.05, 0.1) is 24.5 Å². The lowest BCUT2D eigenvalue weighted by Crippen LogP contribution is -2.47. The SMILES string of the molecule is COc1ccc(C2CCCCC2)c2c1cc1n2C=C2C(=C3C=CC[C@@H](C(=O)N(C)C4CCN(C)CC4)C31)C2C(=O)NS(=O)(=O)N(C)C. The monoisotopic (exact) mass is 661 g/mol. The standard InChI is InChI=1S/C36H47N5O5S/c1-38(2)47(44,45)37-35(42)33-28-21-41-29(20-27-30(46-5)15-14-24(34(27)41)22-10-7-6-8-11-22)31-25(32(28)33)12-9-13-26(31)36(43)40(4)23-16-18-39(3)19-17-23/h9,12,14-15,20-23,26,31,33H,6-8,10-11,13,16-19H2,1-5H3,(H,37,42)/t26-,31?,33?/m1/s1. The van der Waals surface area contributed by atoms with E-state index in [0.717, 1.165) is 82.1 Å². The van der Waals surface area contributed by atoms with E-state index in [1.807, 2.05) is 18.1 Å². The zero-order valence-electron chi connectivity index (χ0n) is 28.2. The lowest BCUT2D eigenvalue weighted by molar-refractivity contribution is -0.137. The first-order valence-electron chi connectivity index (χ1n) is 17.1. The summed E-state index contributed by atoms with van der Waals surface area (Å²) in [6, 6.07) is 6.65. The number of allylic oxidation sites excluding steroid dienone is 3. The van der Waals surface area contributed by atoms with Gasteiger partial charge < -0.3 is 19.1 Å². The highest BCUT2D eigenvalue weighted by molar-refractivity contribution is 7.87. The third-order valence-electron chi connectivity index (χ3n) is 11.3. The van der Waals surface area contributed by atoms with E-state index in [1.54, 1.807) is 7.11 Å². The minimum atomic E-state index is -3.97. The van der Waals surface area contributed by atoms with Gasteiger partial charge in [0.15, 0.2) is 0 Å². The summed E-state index contributed by atoms with van der Waals surface area (Å²) in [5.74, 6) is -0.630. The first-order valence-corrected chi connectivity index (χ1v) is 18.5. The van der Waals surface area contributed by atoms with Crippen molar-refractivity contribution in [2.24, 2.45) is 11.8 Å². The molecule has 11 heteroatoms. The summed E-state index contributed by atoms with van der Waals surface area (Å²) in [6.45, 7) is 1.92. The number of benzene rings is 1. The fourth-order valence-corrected chi connectivity index (χ4v) is 9.11. The zero-order valence-corrected chi connectivity index (χ0v) is 29.0. The number of carbonyl (C=O) groups excluding carboxylic acids is 2. The third kappa shape index (κ3) is 5.54. The van der Waals surface area contributed by atoms with Crippen molar-refractivity contribution in [3.8, 4) is 5.75 Å². The van der Waals surface area contributed by atoms with Gasteiger partial charge in [-0.25, -0.2) is 4.72 Å². The van der Waals surface area contributed by atoms with Crippen molar-refractivity contribution in [3.63, 3.8) is 0 Å². The predicted octanol–water partition coefficient (Wildman–Crippen LogP) is 4.61. The lowest BCUT2D eigenvalue weighted by atomic mass is 9.76. The number of carbonyl (C=O) groups is 2. The van der Waals surface area contributed by atoms with Crippen LogP contribution in [0.5, 0.6) is 5.75 Å². The number of likely N-dealkylation sites (tertiary alicyclic amines) is 1. The highest BCUT2D eigenvalue weighted by Crippen LogP contribution is 2.57. The Morgan fingerprint density at radius 1 is 1.02 bits per heavy atom. The summed E-state index contributed by atoms with van der Waals surface area (Å²) < 4.78 is 36.8. The van der Waals surface area contributed by atoms with E-state index in [0.29, 0.717) is 12.3 Å². The maximum Gasteiger partial charge on any atom is 0.303 e. The number of nitrogens with zero attached hydrogens (tertiary/aromatic N) is 4. The molecule has 2 aromatic rings. The molecule has 5 aliphatic rings. The number of hydrogen-bond acceptors (Lipinski definition) is 6. The van der Waals surface area contributed by atoms with E-state index in [-0.39, 0.29) is 23.8 Å². The van der Waals surface area contributed by atoms with E-state index in [9.17, 15) is 18.0 Å².